The highest BCUT2D eigenvalue weighted by Gasteiger charge is 2.20. The van der Waals surface area contributed by atoms with E-state index in [9.17, 15) is 8.78 Å². The molecule has 112 valence electrons. The highest BCUT2D eigenvalue weighted by atomic mass is 19.1. The summed E-state index contributed by atoms with van der Waals surface area (Å²) in [7, 11) is 4.61. The lowest BCUT2D eigenvalue weighted by Crippen LogP contribution is -2.19. The number of hydrogen-bond donors (Lipinski definition) is 1. The van der Waals surface area contributed by atoms with Crippen LogP contribution in [0.5, 0.6) is 11.5 Å². The average Bonchev–Trinajstić information content (AvgIpc) is 2.49. The summed E-state index contributed by atoms with van der Waals surface area (Å²) in [6.45, 7) is 0. The van der Waals surface area contributed by atoms with E-state index in [1.54, 1.807) is 25.2 Å². The fraction of sp³-hybridized carbons (Fsp3) is 0.250. The van der Waals surface area contributed by atoms with Crippen molar-refractivity contribution < 1.29 is 18.3 Å². The summed E-state index contributed by atoms with van der Waals surface area (Å²) in [4.78, 5) is 0. The molecule has 0 aliphatic heterocycles. The zero-order chi connectivity index (χ0) is 15.4. The van der Waals surface area contributed by atoms with Crippen LogP contribution in [0.25, 0.3) is 0 Å². The standard InChI is InChI=1S/C16H17F2NO2/c1-19-16(10-5-4-6-11(17)7-10)12-8-14(20-2)15(21-3)9-13(12)18/h4-9,16,19H,1-3H3. The van der Waals surface area contributed by atoms with Gasteiger partial charge in [0.1, 0.15) is 11.6 Å². The minimum Gasteiger partial charge on any atom is -0.493 e. The summed E-state index contributed by atoms with van der Waals surface area (Å²) in [5, 5.41) is 2.99. The molecule has 0 amide bonds. The van der Waals surface area contributed by atoms with Gasteiger partial charge in [0, 0.05) is 11.6 Å². The van der Waals surface area contributed by atoms with Gasteiger partial charge in [-0.3, -0.25) is 0 Å². The summed E-state index contributed by atoms with van der Waals surface area (Å²) in [6.07, 6.45) is 0. The van der Waals surface area contributed by atoms with Crippen LogP contribution in [0, 0.1) is 11.6 Å². The molecule has 0 aliphatic carbocycles. The maximum atomic E-state index is 14.3. The molecular formula is C16H17F2NO2. The van der Waals surface area contributed by atoms with Gasteiger partial charge in [0.2, 0.25) is 0 Å². The van der Waals surface area contributed by atoms with Crippen molar-refractivity contribution in [1.82, 2.24) is 5.32 Å². The lowest BCUT2D eigenvalue weighted by atomic mass is 9.97. The largest absolute Gasteiger partial charge is 0.493 e. The predicted molar refractivity (Wildman–Crippen MR) is 76.8 cm³/mol. The van der Waals surface area contributed by atoms with Crippen molar-refractivity contribution in [3.63, 3.8) is 0 Å². The number of nitrogens with one attached hydrogen (secondary N) is 1. The summed E-state index contributed by atoms with van der Waals surface area (Å²) in [5.41, 5.74) is 0.990. The van der Waals surface area contributed by atoms with E-state index < -0.39 is 11.9 Å². The lowest BCUT2D eigenvalue weighted by Gasteiger charge is -2.20. The number of benzene rings is 2. The second kappa shape index (κ2) is 6.54. The van der Waals surface area contributed by atoms with E-state index in [0.717, 1.165) is 0 Å². The van der Waals surface area contributed by atoms with Crippen molar-refractivity contribution in [3.05, 3.63) is 59.2 Å². The number of hydrogen-bond acceptors (Lipinski definition) is 3. The van der Waals surface area contributed by atoms with Gasteiger partial charge in [-0.15, -0.1) is 0 Å². The van der Waals surface area contributed by atoms with Crippen molar-refractivity contribution >= 4 is 0 Å². The van der Waals surface area contributed by atoms with E-state index in [4.69, 9.17) is 9.47 Å². The first-order valence-corrected chi connectivity index (χ1v) is 6.44. The molecule has 21 heavy (non-hydrogen) atoms. The Balaban J connectivity index is 2.52. The molecule has 0 spiro atoms. The lowest BCUT2D eigenvalue weighted by molar-refractivity contribution is 0.351. The van der Waals surface area contributed by atoms with Gasteiger partial charge in [-0.2, -0.15) is 0 Å². The Morgan fingerprint density at radius 3 is 2.24 bits per heavy atom. The molecule has 0 fully saturated rings. The van der Waals surface area contributed by atoms with E-state index in [2.05, 4.69) is 5.32 Å². The molecule has 2 rings (SSSR count). The molecule has 0 saturated heterocycles. The fourth-order valence-corrected chi connectivity index (χ4v) is 2.28. The molecule has 0 saturated carbocycles. The molecule has 2 aromatic rings. The Hall–Kier alpha value is -2.14. The van der Waals surface area contributed by atoms with Crippen molar-refractivity contribution in [1.29, 1.82) is 0 Å². The fourth-order valence-electron chi connectivity index (χ4n) is 2.28. The van der Waals surface area contributed by atoms with Crippen LogP contribution >= 0.6 is 0 Å². The summed E-state index contributed by atoms with van der Waals surface area (Å²) in [6, 6.07) is 8.38. The minimum absolute atomic E-state index is 0.313. The van der Waals surface area contributed by atoms with Crippen molar-refractivity contribution in [2.75, 3.05) is 21.3 Å². The molecule has 1 unspecified atom stereocenters. The van der Waals surface area contributed by atoms with Crippen LogP contribution in [0.2, 0.25) is 0 Å². The van der Waals surface area contributed by atoms with E-state index in [1.807, 2.05) is 0 Å². The van der Waals surface area contributed by atoms with Crippen LogP contribution in [-0.4, -0.2) is 21.3 Å². The minimum atomic E-state index is -0.486. The first kappa shape index (κ1) is 15.3. The number of halogens is 2. The van der Waals surface area contributed by atoms with Crippen molar-refractivity contribution in [2.24, 2.45) is 0 Å². The van der Waals surface area contributed by atoms with Gasteiger partial charge in [0.05, 0.1) is 20.3 Å². The Morgan fingerprint density at radius 2 is 1.67 bits per heavy atom. The summed E-state index contributed by atoms with van der Waals surface area (Å²) >= 11 is 0. The molecule has 3 nitrogen and oxygen atoms in total. The maximum absolute atomic E-state index is 14.3. The van der Waals surface area contributed by atoms with Crippen molar-refractivity contribution in [2.45, 2.75) is 6.04 Å². The van der Waals surface area contributed by atoms with Crippen LogP contribution in [0.15, 0.2) is 36.4 Å². The van der Waals surface area contributed by atoms with E-state index in [-0.39, 0.29) is 5.82 Å². The zero-order valence-electron chi connectivity index (χ0n) is 12.1. The van der Waals surface area contributed by atoms with Crippen LogP contribution in [0.4, 0.5) is 8.78 Å². The van der Waals surface area contributed by atoms with E-state index in [0.29, 0.717) is 22.6 Å². The second-order valence-electron chi connectivity index (χ2n) is 4.51. The van der Waals surface area contributed by atoms with Gasteiger partial charge in [0.25, 0.3) is 0 Å². The normalized spacial score (nSPS) is 12.0. The summed E-state index contributed by atoms with van der Waals surface area (Å²) < 4.78 is 37.9. The van der Waals surface area contributed by atoms with Crippen LogP contribution < -0.4 is 14.8 Å². The molecule has 1 N–H and O–H groups in total. The molecule has 0 heterocycles. The number of methoxy groups -OCH3 is 2. The molecule has 0 radical (unpaired) electrons. The van der Waals surface area contributed by atoms with Crippen LogP contribution in [0.3, 0.4) is 0 Å². The van der Waals surface area contributed by atoms with E-state index >= 15 is 0 Å². The van der Waals surface area contributed by atoms with Gasteiger partial charge in [-0.1, -0.05) is 12.1 Å². The van der Waals surface area contributed by atoms with Gasteiger partial charge < -0.3 is 14.8 Å². The summed E-state index contributed by atoms with van der Waals surface area (Å²) in [5.74, 6) is -0.0803. The highest BCUT2D eigenvalue weighted by Crippen LogP contribution is 2.34. The number of rotatable bonds is 5. The first-order chi connectivity index (χ1) is 10.1. The Kier molecular flexibility index (Phi) is 4.75. The van der Waals surface area contributed by atoms with Crippen LogP contribution in [-0.2, 0) is 0 Å². The van der Waals surface area contributed by atoms with Crippen molar-refractivity contribution in [3.8, 4) is 11.5 Å². The number of ether oxygens (including phenoxy) is 2. The smallest absolute Gasteiger partial charge is 0.163 e. The molecule has 0 aliphatic rings. The molecule has 1 atom stereocenters. The maximum Gasteiger partial charge on any atom is 0.163 e. The Bertz CT molecular complexity index is 632. The molecule has 5 heteroatoms. The monoisotopic (exact) mass is 293 g/mol. The third-order valence-corrected chi connectivity index (χ3v) is 3.28. The van der Waals surface area contributed by atoms with Gasteiger partial charge in [0.15, 0.2) is 11.5 Å². The highest BCUT2D eigenvalue weighted by molar-refractivity contribution is 5.46. The van der Waals surface area contributed by atoms with E-state index in [1.165, 1.54) is 32.4 Å². The average molecular weight is 293 g/mol. The Labute approximate surface area is 122 Å². The Morgan fingerprint density at radius 1 is 1.00 bits per heavy atom. The molecule has 0 aromatic heterocycles. The van der Waals surface area contributed by atoms with Crippen LogP contribution in [0.1, 0.15) is 17.2 Å². The van der Waals surface area contributed by atoms with Gasteiger partial charge in [-0.05, 0) is 30.8 Å². The van der Waals surface area contributed by atoms with Gasteiger partial charge in [-0.25, -0.2) is 8.78 Å². The van der Waals surface area contributed by atoms with Gasteiger partial charge >= 0.3 is 0 Å². The SMILES string of the molecule is CNC(c1cccc(F)c1)c1cc(OC)c(OC)cc1F. The zero-order valence-corrected chi connectivity index (χ0v) is 12.1. The topological polar surface area (TPSA) is 30.5 Å². The molecular weight excluding hydrogens is 276 g/mol. The molecule has 0 bridgehead atoms. The third kappa shape index (κ3) is 3.13. The quantitative estimate of drug-likeness (QED) is 0.917. The first-order valence-electron chi connectivity index (χ1n) is 6.44. The second-order valence-corrected chi connectivity index (χ2v) is 4.51. The predicted octanol–water partition coefficient (Wildman–Crippen LogP) is 3.29. The third-order valence-electron chi connectivity index (χ3n) is 3.28. The molecule has 2 aromatic carbocycles.